The van der Waals surface area contributed by atoms with Crippen LogP contribution in [0.15, 0.2) is 6.20 Å². The number of hydrogen-bond donors (Lipinski definition) is 0. The molecule has 1 aromatic heterocycles. The number of rotatable bonds is 2. The van der Waals surface area contributed by atoms with Gasteiger partial charge in [-0.25, -0.2) is 9.48 Å². The highest BCUT2D eigenvalue weighted by molar-refractivity contribution is 5.86. The Bertz CT molecular complexity index is 256. The molecule has 0 aromatic carbocycles. The van der Waals surface area contributed by atoms with Gasteiger partial charge in [0.05, 0.1) is 19.9 Å². The van der Waals surface area contributed by atoms with Crippen LogP contribution in [0.4, 0.5) is 0 Å². The van der Waals surface area contributed by atoms with E-state index in [4.69, 9.17) is 0 Å². The summed E-state index contributed by atoms with van der Waals surface area (Å²) < 4.78 is 5.86. The topological polar surface area (TPSA) is 57.0 Å². The number of carbonyl (C=O) groups excluding carboxylic acids is 1. The van der Waals surface area contributed by atoms with Crippen LogP contribution >= 0.6 is 0 Å². The van der Waals surface area contributed by atoms with Crippen molar-refractivity contribution in [3.8, 4) is 0 Å². The quantitative estimate of drug-likeness (QED) is 0.566. The molecule has 0 saturated carbocycles. The molecule has 0 bridgehead atoms. The summed E-state index contributed by atoms with van der Waals surface area (Å²) in [5.74, 6) is -0.470. The summed E-state index contributed by atoms with van der Waals surface area (Å²) in [6, 6.07) is 0. The number of carbonyl (C=O) groups is 1. The summed E-state index contributed by atoms with van der Waals surface area (Å²) in [5.41, 5.74) is 0.182. The van der Waals surface area contributed by atoms with Crippen LogP contribution in [0.3, 0.4) is 0 Å². The highest BCUT2D eigenvalue weighted by atomic mass is 16.5. The van der Waals surface area contributed by atoms with Gasteiger partial charge in [-0.15, -0.1) is 5.10 Å². The highest BCUT2D eigenvalue weighted by Gasteiger charge is 2.09. The minimum absolute atomic E-state index is 0.182. The van der Waals surface area contributed by atoms with E-state index in [1.165, 1.54) is 10.9 Å². The standard InChI is InChI=1S/C6H8N3O2/c1-3-11-6(10)5-4-9(2)8-7-5/h4H,2-3H2,1H3. The van der Waals surface area contributed by atoms with Crippen LogP contribution in [0.2, 0.25) is 0 Å². The second-order valence-electron chi connectivity index (χ2n) is 1.86. The third-order valence-corrected chi connectivity index (χ3v) is 1.02. The van der Waals surface area contributed by atoms with Crippen LogP contribution in [0.5, 0.6) is 0 Å². The Morgan fingerprint density at radius 3 is 3.09 bits per heavy atom. The number of ether oxygens (including phenoxy) is 1. The van der Waals surface area contributed by atoms with Gasteiger partial charge in [-0.1, -0.05) is 5.21 Å². The first-order valence-corrected chi connectivity index (χ1v) is 3.14. The van der Waals surface area contributed by atoms with E-state index in [9.17, 15) is 4.79 Å². The van der Waals surface area contributed by atoms with Crippen molar-refractivity contribution in [2.75, 3.05) is 6.61 Å². The SMILES string of the molecule is [CH2]n1cc(C(=O)OCC)nn1. The van der Waals surface area contributed by atoms with E-state index >= 15 is 0 Å². The minimum Gasteiger partial charge on any atom is -0.461 e. The summed E-state index contributed by atoms with van der Waals surface area (Å²) in [5, 5.41) is 6.98. The fourth-order valence-electron chi connectivity index (χ4n) is 0.597. The van der Waals surface area contributed by atoms with Crippen molar-refractivity contribution in [3.05, 3.63) is 18.9 Å². The summed E-state index contributed by atoms with van der Waals surface area (Å²) in [7, 11) is 3.42. The number of aromatic nitrogens is 3. The molecule has 0 fully saturated rings. The Kier molecular flexibility index (Phi) is 2.20. The Balaban J connectivity index is 2.69. The lowest BCUT2D eigenvalue weighted by molar-refractivity contribution is 0.0519. The molecule has 1 aromatic rings. The van der Waals surface area contributed by atoms with Gasteiger partial charge in [0.15, 0.2) is 5.69 Å². The molecule has 5 nitrogen and oxygen atoms in total. The second-order valence-corrected chi connectivity index (χ2v) is 1.86. The van der Waals surface area contributed by atoms with Crippen molar-refractivity contribution < 1.29 is 9.53 Å². The Morgan fingerprint density at radius 1 is 1.91 bits per heavy atom. The maximum atomic E-state index is 10.9. The molecule has 1 radical (unpaired) electrons. The van der Waals surface area contributed by atoms with Crippen molar-refractivity contribution in [2.45, 2.75) is 6.92 Å². The summed E-state index contributed by atoms with van der Waals surface area (Å²) in [6.07, 6.45) is 1.40. The van der Waals surface area contributed by atoms with E-state index in [1.54, 1.807) is 6.92 Å². The van der Waals surface area contributed by atoms with E-state index in [0.29, 0.717) is 6.61 Å². The predicted octanol–water partition coefficient (Wildman–Crippen LogP) is 0.0945. The predicted molar refractivity (Wildman–Crippen MR) is 36.7 cm³/mol. The van der Waals surface area contributed by atoms with Crippen LogP contribution < -0.4 is 0 Å². The van der Waals surface area contributed by atoms with E-state index < -0.39 is 5.97 Å². The number of hydrogen-bond acceptors (Lipinski definition) is 4. The Labute approximate surface area is 64.0 Å². The molecule has 59 valence electrons. The van der Waals surface area contributed by atoms with Gasteiger partial charge in [-0.3, -0.25) is 0 Å². The zero-order valence-electron chi connectivity index (χ0n) is 6.15. The lowest BCUT2D eigenvalue weighted by Gasteiger charge is -1.94. The number of esters is 1. The summed E-state index contributed by atoms with van der Waals surface area (Å²) >= 11 is 0. The van der Waals surface area contributed by atoms with E-state index in [-0.39, 0.29) is 5.69 Å². The average molecular weight is 154 g/mol. The smallest absolute Gasteiger partial charge is 0.360 e. The molecule has 11 heavy (non-hydrogen) atoms. The molecule has 0 amide bonds. The fraction of sp³-hybridized carbons (Fsp3) is 0.333. The van der Waals surface area contributed by atoms with Crippen molar-refractivity contribution in [2.24, 2.45) is 0 Å². The molecule has 0 aliphatic carbocycles. The van der Waals surface area contributed by atoms with Gasteiger partial charge in [-0.05, 0) is 6.92 Å². The van der Waals surface area contributed by atoms with E-state index in [2.05, 4.69) is 22.1 Å². The fourth-order valence-corrected chi connectivity index (χ4v) is 0.597. The number of nitrogens with zero attached hydrogens (tertiary/aromatic N) is 3. The van der Waals surface area contributed by atoms with Crippen LogP contribution in [0.25, 0.3) is 0 Å². The third-order valence-electron chi connectivity index (χ3n) is 1.02. The maximum absolute atomic E-state index is 10.9. The Morgan fingerprint density at radius 2 is 2.64 bits per heavy atom. The van der Waals surface area contributed by atoms with Gasteiger partial charge in [0.25, 0.3) is 0 Å². The van der Waals surface area contributed by atoms with E-state index in [1.807, 2.05) is 0 Å². The molecule has 0 aliphatic rings. The third kappa shape index (κ3) is 1.76. The zero-order valence-corrected chi connectivity index (χ0v) is 6.15. The van der Waals surface area contributed by atoms with Crippen molar-refractivity contribution >= 4 is 5.97 Å². The monoisotopic (exact) mass is 154 g/mol. The maximum Gasteiger partial charge on any atom is 0.360 e. The van der Waals surface area contributed by atoms with Crippen molar-refractivity contribution in [3.63, 3.8) is 0 Å². The highest BCUT2D eigenvalue weighted by Crippen LogP contribution is 1.94. The largest absolute Gasteiger partial charge is 0.461 e. The lowest BCUT2D eigenvalue weighted by atomic mass is 10.5. The lowest BCUT2D eigenvalue weighted by Crippen LogP contribution is -2.04. The Hall–Kier alpha value is -1.39. The molecule has 0 N–H and O–H groups in total. The molecule has 0 spiro atoms. The second kappa shape index (κ2) is 3.14. The minimum atomic E-state index is -0.470. The van der Waals surface area contributed by atoms with E-state index in [0.717, 1.165) is 0 Å². The molecule has 1 heterocycles. The average Bonchev–Trinajstić information content (AvgIpc) is 2.36. The van der Waals surface area contributed by atoms with Gasteiger partial charge >= 0.3 is 5.97 Å². The normalized spacial score (nSPS) is 9.64. The van der Waals surface area contributed by atoms with Gasteiger partial charge in [-0.2, -0.15) is 0 Å². The van der Waals surface area contributed by atoms with Crippen LogP contribution in [-0.2, 0) is 4.74 Å². The zero-order chi connectivity index (χ0) is 8.27. The van der Waals surface area contributed by atoms with Gasteiger partial charge in [0, 0.05) is 0 Å². The van der Waals surface area contributed by atoms with Gasteiger partial charge in [0.1, 0.15) is 0 Å². The molecule has 5 heteroatoms. The molecule has 0 atom stereocenters. The van der Waals surface area contributed by atoms with Crippen LogP contribution in [-0.4, -0.2) is 27.6 Å². The van der Waals surface area contributed by atoms with Crippen LogP contribution in [0.1, 0.15) is 17.4 Å². The van der Waals surface area contributed by atoms with Gasteiger partial charge in [0.2, 0.25) is 0 Å². The van der Waals surface area contributed by atoms with Crippen molar-refractivity contribution in [1.82, 2.24) is 15.0 Å². The van der Waals surface area contributed by atoms with Crippen LogP contribution in [0, 0.1) is 7.05 Å². The molecule has 0 saturated heterocycles. The van der Waals surface area contributed by atoms with Gasteiger partial charge < -0.3 is 4.74 Å². The summed E-state index contributed by atoms with van der Waals surface area (Å²) in [4.78, 5) is 10.9. The first-order valence-electron chi connectivity index (χ1n) is 3.14. The molecule has 0 aliphatic heterocycles. The first kappa shape index (κ1) is 7.71. The molecule has 0 unspecified atom stereocenters. The first-order chi connectivity index (χ1) is 5.24. The summed E-state index contributed by atoms with van der Waals surface area (Å²) in [6.45, 7) is 2.06. The molecular weight excluding hydrogens is 146 g/mol. The van der Waals surface area contributed by atoms with Crippen molar-refractivity contribution in [1.29, 1.82) is 0 Å². The molecular formula is C6H8N3O2. The molecule has 1 rings (SSSR count).